The SMILES string of the molecule is O=C(COc1ccc2ccccc2c1)Nc1ccc(N2CCOCC2)cc1. The van der Waals surface area contributed by atoms with Crippen molar-refractivity contribution in [1.82, 2.24) is 0 Å². The van der Waals surface area contributed by atoms with Gasteiger partial charge in [0.2, 0.25) is 0 Å². The topological polar surface area (TPSA) is 50.8 Å². The second-order valence-corrected chi connectivity index (χ2v) is 6.49. The van der Waals surface area contributed by atoms with Crippen molar-refractivity contribution in [2.75, 3.05) is 43.1 Å². The first-order valence-electron chi connectivity index (χ1n) is 9.12. The number of hydrogen-bond acceptors (Lipinski definition) is 4. The van der Waals surface area contributed by atoms with Gasteiger partial charge in [0.15, 0.2) is 6.61 Å². The standard InChI is InChI=1S/C22H22N2O3/c25-22(16-27-21-10-5-17-3-1-2-4-18(17)15-21)23-19-6-8-20(9-7-19)24-11-13-26-14-12-24/h1-10,15H,11-14,16H2,(H,23,25). The van der Waals surface area contributed by atoms with E-state index in [2.05, 4.69) is 10.2 Å². The first-order chi connectivity index (χ1) is 13.3. The average Bonchev–Trinajstić information content (AvgIpc) is 2.73. The lowest BCUT2D eigenvalue weighted by Crippen LogP contribution is -2.36. The van der Waals surface area contributed by atoms with Crippen molar-refractivity contribution in [1.29, 1.82) is 0 Å². The van der Waals surface area contributed by atoms with E-state index in [1.807, 2.05) is 66.7 Å². The van der Waals surface area contributed by atoms with Gasteiger partial charge >= 0.3 is 0 Å². The van der Waals surface area contributed by atoms with Crippen LogP contribution in [0.2, 0.25) is 0 Å². The van der Waals surface area contributed by atoms with Crippen molar-refractivity contribution in [3.05, 3.63) is 66.7 Å². The molecule has 3 aromatic carbocycles. The number of amides is 1. The highest BCUT2D eigenvalue weighted by molar-refractivity contribution is 5.92. The van der Waals surface area contributed by atoms with Crippen LogP contribution in [0.4, 0.5) is 11.4 Å². The molecule has 3 aromatic rings. The van der Waals surface area contributed by atoms with Crippen molar-refractivity contribution in [3.8, 4) is 5.75 Å². The maximum Gasteiger partial charge on any atom is 0.262 e. The van der Waals surface area contributed by atoms with Crippen LogP contribution in [0.5, 0.6) is 5.75 Å². The van der Waals surface area contributed by atoms with Crippen LogP contribution in [0, 0.1) is 0 Å². The number of anilines is 2. The molecule has 1 aliphatic rings. The van der Waals surface area contributed by atoms with Gasteiger partial charge in [-0.1, -0.05) is 30.3 Å². The number of ether oxygens (including phenoxy) is 2. The molecule has 1 heterocycles. The van der Waals surface area contributed by atoms with Gasteiger partial charge in [0.25, 0.3) is 5.91 Å². The van der Waals surface area contributed by atoms with Crippen LogP contribution in [0.25, 0.3) is 10.8 Å². The van der Waals surface area contributed by atoms with E-state index in [4.69, 9.17) is 9.47 Å². The third-order valence-electron chi connectivity index (χ3n) is 4.62. The normalized spacial score (nSPS) is 14.1. The second kappa shape index (κ2) is 8.10. The number of nitrogens with one attached hydrogen (secondary N) is 1. The van der Waals surface area contributed by atoms with Crippen LogP contribution < -0.4 is 15.0 Å². The number of carbonyl (C=O) groups is 1. The smallest absolute Gasteiger partial charge is 0.262 e. The summed E-state index contributed by atoms with van der Waals surface area (Å²) in [7, 11) is 0. The number of hydrogen-bond donors (Lipinski definition) is 1. The number of rotatable bonds is 5. The summed E-state index contributed by atoms with van der Waals surface area (Å²) in [5.41, 5.74) is 1.91. The van der Waals surface area contributed by atoms with Gasteiger partial charge in [-0.15, -0.1) is 0 Å². The van der Waals surface area contributed by atoms with Crippen LogP contribution in [0.3, 0.4) is 0 Å². The van der Waals surface area contributed by atoms with Crippen molar-refractivity contribution in [2.24, 2.45) is 0 Å². The lowest BCUT2D eigenvalue weighted by atomic mass is 10.1. The number of nitrogens with zero attached hydrogens (tertiary/aromatic N) is 1. The maximum atomic E-state index is 12.2. The molecule has 4 rings (SSSR count). The average molecular weight is 362 g/mol. The first-order valence-corrected chi connectivity index (χ1v) is 9.12. The molecular weight excluding hydrogens is 340 g/mol. The summed E-state index contributed by atoms with van der Waals surface area (Å²) in [5.74, 6) is 0.508. The highest BCUT2D eigenvalue weighted by Crippen LogP contribution is 2.21. The fourth-order valence-corrected chi connectivity index (χ4v) is 3.18. The third kappa shape index (κ3) is 4.38. The molecule has 0 bridgehead atoms. The monoisotopic (exact) mass is 362 g/mol. The van der Waals surface area contributed by atoms with E-state index in [1.165, 1.54) is 0 Å². The molecule has 138 valence electrons. The lowest BCUT2D eigenvalue weighted by molar-refractivity contribution is -0.118. The summed E-state index contributed by atoms with van der Waals surface area (Å²) in [4.78, 5) is 14.4. The molecule has 1 saturated heterocycles. The molecule has 1 fully saturated rings. The molecule has 27 heavy (non-hydrogen) atoms. The van der Waals surface area contributed by atoms with Crippen LogP contribution in [-0.2, 0) is 9.53 Å². The fourth-order valence-electron chi connectivity index (χ4n) is 3.18. The van der Waals surface area contributed by atoms with Gasteiger partial charge in [0.1, 0.15) is 5.75 Å². The summed E-state index contributed by atoms with van der Waals surface area (Å²) in [6.07, 6.45) is 0. The summed E-state index contributed by atoms with van der Waals surface area (Å²) in [6.45, 7) is 3.27. The predicted molar refractivity (Wildman–Crippen MR) is 108 cm³/mol. The van der Waals surface area contributed by atoms with Crippen LogP contribution in [0.1, 0.15) is 0 Å². The van der Waals surface area contributed by atoms with E-state index in [0.717, 1.165) is 48.5 Å². The zero-order valence-electron chi connectivity index (χ0n) is 15.1. The predicted octanol–water partition coefficient (Wildman–Crippen LogP) is 3.69. The van der Waals surface area contributed by atoms with Crippen LogP contribution in [-0.4, -0.2) is 38.8 Å². The first kappa shape index (κ1) is 17.4. The van der Waals surface area contributed by atoms with Gasteiger partial charge in [0, 0.05) is 24.5 Å². The highest BCUT2D eigenvalue weighted by Gasteiger charge is 2.11. The zero-order valence-corrected chi connectivity index (χ0v) is 15.1. The van der Waals surface area contributed by atoms with Gasteiger partial charge in [-0.25, -0.2) is 0 Å². The molecular formula is C22H22N2O3. The molecule has 5 heteroatoms. The van der Waals surface area contributed by atoms with Gasteiger partial charge in [-0.3, -0.25) is 4.79 Å². The fraction of sp³-hybridized carbons (Fsp3) is 0.227. The number of fused-ring (bicyclic) bond motifs is 1. The van der Waals surface area contributed by atoms with E-state index in [0.29, 0.717) is 5.75 Å². The van der Waals surface area contributed by atoms with Gasteiger partial charge in [0.05, 0.1) is 13.2 Å². The van der Waals surface area contributed by atoms with Crippen molar-refractivity contribution in [3.63, 3.8) is 0 Å². The molecule has 5 nitrogen and oxygen atoms in total. The number of benzene rings is 3. The summed E-state index contributed by atoms with van der Waals surface area (Å²) in [6, 6.07) is 21.7. The van der Waals surface area contributed by atoms with Gasteiger partial charge < -0.3 is 19.7 Å². The van der Waals surface area contributed by atoms with E-state index in [9.17, 15) is 4.79 Å². The van der Waals surface area contributed by atoms with E-state index in [-0.39, 0.29) is 12.5 Å². The van der Waals surface area contributed by atoms with E-state index < -0.39 is 0 Å². The van der Waals surface area contributed by atoms with Crippen molar-refractivity contribution in [2.45, 2.75) is 0 Å². The van der Waals surface area contributed by atoms with Crippen molar-refractivity contribution < 1.29 is 14.3 Å². The quantitative estimate of drug-likeness (QED) is 0.752. The maximum absolute atomic E-state index is 12.2. The minimum absolute atomic E-state index is 0.0243. The Balaban J connectivity index is 1.31. The molecule has 0 radical (unpaired) electrons. The molecule has 1 amide bonds. The Morgan fingerprint density at radius 1 is 0.963 bits per heavy atom. The Morgan fingerprint density at radius 2 is 1.70 bits per heavy atom. The molecule has 0 spiro atoms. The van der Waals surface area contributed by atoms with Crippen molar-refractivity contribution >= 4 is 28.1 Å². The highest BCUT2D eigenvalue weighted by atomic mass is 16.5. The molecule has 0 unspecified atom stereocenters. The summed E-state index contributed by atoms with van der Waals surface area (Å²) < 4.78 is 11.0. The molecule has 1 aliphatic heterocycles. The van der Waals surface area contributed by atoms with Gasteiger partial charge in [-0.05, 0) is 47.2 Å². The minimum atomic E-state index is -0.178. The lowest BCUT2D eigenvalue weighted by Gasteiger charge is -2.28. The Labute approximate surface area is 158 Å². The number of carbonyl (C=O) groups excluding carboxylic acids is 1. The minimum Gasteiger partial charge on any atom is -0.484 e. The largest absolute Gasteiger partial charge is 0.484 e. The van der Waals surface area contributed by atoms with Gasteiger partial charge in [-0.2, -0.15) is 0 Å². The Kier molecular flexibility index (Phi) is 5.21. The second-order valence-electron chi connectivity index (χ2n) is 6.49. The van der Waals surface area contributed by atoms with E-state index in [1.54, 1.807) is 0 Å². The summed E-state index contributed by atoms with van der Waals surface area (Å²) in [5, 5.41) is 5.11. The Bertz CT molecular complexity index is 918. The number of morpholine rings is 1. The Morgan fingerprint density at radius 3 is 2.48 bits per heavy atom. The Hall–Kier alpha value is -3.05. The molecule has 0 saturated carbocycles. The summed E-state index contributed by atoms with van der Waals surface area (Å²) >= 11 is 0. The molecule has 0 aliphatic carbocycles. The van der Waals surface area contributed by atoms with E-state index >= 15 is 0 Å². The molecule has 0 aromatic heterocycles. The molecule has 0 atom stereocenters. The van der Waals surface area contributed by atoms with Crippen LogP contribution >= 0.6 is 0 Å². The third-order valence-corrected chi connectivity index (χ3v) is 4.62. The zero-order chi connectivity index (χ0) is 18.5. The molecule has 1 N–H and O–H groups in total. The van der Waals surface area contributed by atoms with Crippen LogP contribution in [0.15, 0.2) is 66.7 Å².